The third-order valence-electron chi connectivity index (χ3n) is 8.98. The number of halogens is 1. The number of hydrogen-bond donors (Lipinski definition) is 1. The van der Waals surface area contributed by atoms with E-state index in [1.165, 1.54) is 5.56 Å². The van der Waals surface area contributed by atoms with Gasteiger partial charge in [-0.25, -0.2) is 9.67 Å². The van der Waals surface area contributed by atoms with Gasteiger partial charge in [0, 0.05) is 24.0 Å². The number of fused-ring (bicyclic) bond motifs is 1. The maximum absolute atomic E-state index is 13.9. The van der Waals surface area contributed by atoms with Crippen molar-refractivity contribution in [3.05, 3.63) is 86.4 Å². The molecule has 1 aliphatic carbocycles. The van der Waals surface area contributed by atoms with Gasteiger partial charge in [-0.15, -0.1) is 5.10 Å². The number of nitrogens with zero attached hydrogens (tertiary/aromatic N) is 5. The number of carbonyl (C=O) groups excluding carboxylic acids is 1. The van der Waals surface area contributed by atoms with E-state index >= 15 is 0 Å². The van der Waals surface area contributed by atoms with Gasteiger partial charge in [0.1, 0.15) is 5.82 Å². The minimum Gasteiger partial charge on any atom is -0.342 e. The minimum atomic E-state index is -0.466. The molecule has 0 unspecified atom stereocenters. The number of nitrogens with one attached hydrogen (secondary N) is 1. The summed E-state index contributed by atoms with van der Waals surface area (Å²) in [5.74, 6) is 0.919. The number of hydrogen-bond acceptors (Lipinski definition) is 5. The van der Waals surface area contributed by atoms with E-state index in [2.05, 4.69) is 60.3 Å². The molecule has 0 bridgehead atoms. The van der Waals surface area contributed by atoms with Crippen LogP contribution in [0.3, 0.4) is 0 Å². The minimum absolute atomic E-state index is 0.0561. The van der Waals surface area contributed by atoms with Crippen LogP contribution < -0.4 is 5.56 Å². The monoisotopic (exact) mass is 572 g/mol. The highest BCUT2D eigenvalue weighted by Gasteiger charge is 2.45. The number of benzene rings is 2. The summed E-state index contributed by atoms with van der Waals surface area (Å²) in [6, 6.07) is 16.3. The van der Waals surface area contributed by atoms with Gasteiger partial charge in [-0.2, -0.15) is 0 Å². The smallest absolute Gasteiger partial charge is 0.281 e. The van der Waals surface area contributed by atoms with Gasteiger partial charge in [0.05, 0.1) is 12.0 Å². The van der Waals surface area contributed by atoms with Gasteiger partial charge in [0.25, 0.3) is 5.56 Å². The van der Waals surface area contributed by atoms with Crippen LogP contribution in [0.4, 0.5) is 0 Å². The Labute approximate surface area is 245 Å². The molecule has 1 aliphatic heterocycles. The summed E-state index contributed by atoms with van der Waals surface area (Å²) in [7, 11) is 0. The van der Waals surface area contributed by atoms with Crippen LogP contribution in [-0.4, -0.2) is 48.9 Å². The molecule has 0 atom stereocenters. The Morgan fingerprint density at radius 3 is 2.32 bits per heavy atom. The van der Waals surface area contributed by atoms with E-state index in [0.29, 0.717) is 36.1 Å². The number of aromatic amines is 1. The van der Waals surface area contributed by atoms with Crippen molar-refractivity contribution in [3.8, 4) is 0 Å². The Kier molecular flexibility index (Phi) is 7.22. The molecule has 1 saturated carbocycles. The molecular weight excluding hydrogens is 536 g/mol. The molecule has 2 aliphatic rings. The molecular formula is C32H37ClN6O2. The zero-order chi connectivity index (χ0) is 28.8. The maximum Gasteiger partial charge on any atom is 0.281 e. The Bertz CT molecular complexity index is 1600. The van der Waals surface area contributed by atoms with E-state index in [0.717, 1.165) is 49.7 Å². The summed E-state index contributed by atoms with van der Waals surface area (Å²) in [5, 5.41) is 9.06. The van der Waals surface area contributed by atoms with Gasteiger partial charge in [0.15, 0.2) is 11.2 Å². The summed E-state index contributed by atoms with van der Waals surface area (Å²) in [5.41, 5.74) is 3.48. The predicted molar refractivity (Wildman–Crippen MR) is 160 cm³/mol. The van der Waals surface area contributed by atoms with Crippen LogP contribution in [0.15, 0.2) is 53.3 Å². The van der Waals surface area contributed by atoms with Crippen molar-refractivity contribution in [3.63, 3.8) is 0 Å². The third-order valence-corrected chi connectivity index (χ3v) is 9.23. The van der Waals surface area contributed by atoms with Gasteiger partial charge < -0.3 is 9.88 Å². The first-order valence-electron chi connectivity index (χ1n) is 14.6. The number of amides is 1. The van der Waals surface area contributed by atoms with Crippen molar-refractivity contribution in [1.29, 1.82) is 0 Å². The van der Waals surface area contributed by atoms with Crippen LogP contribution in [0.2, 0.25) is 5.02 Å². The van der Waals surface area contributed by atoms with Crippen LogP contribution in [0.1, 0.15) is 87.7 Å². The van der Waals surface area contributed by atoms with E-state index in [1.54, 1.807) is 4.68 Å². The highest BCUT2D eigenvalue weighted by molar-refractivity contribution is 6.30. The molecule has 6 rings (SSSR count). The Balaban J connectivity index is 1.19. The Morgan fingerprint density at radius 2 is 1.68 bits per heavy atom. The molecule has 1 N–H and O–H groups in total. The molecule has 2 aromatic heterocycles. The van der Waals surface area contributed by atoms with Gasteiger partial charge >= 0.3 is 0 Å². The number of aromatic nitrogens is 5. The average Bonchev–Trinajstić information content (AvgIpc) is 3.62. The van der Waals surface area contributed by atoms with Crippen LogP contribution in [0, 0.1) is 0 Å². The van der Waals surface area contributed by atoms with Crippen molar-refractivity contribution >= 4 is 28.7 Å². The first kappa shape index (κ1) is 27.6. The van der Waals surface area contributed by atoms with E-state index in [1.807, 2.05) is 29.2 Å². The van der Waals surface area contributed by atoms with Crippen molar-refractivity contribution in [2.24, 2.45) is 0 Å². The van der Waals surface area contributed by atoms with Crippen LogP contribution in [0.5, 0.6) is 0 Å². The van der Waals surface area contributed by atoms with E-state index < -0.39 is 5.41 Å². The van der Waals surface area contributed by atoms with Crippen LogP contribution in [-0.2, 0) is 22.2 Å². The number of rotatable bonds is 5. The topological polar surface area (TPSA) is 96.8 Å². The normalized spacial score (nSPS) is 17.8. The molecule has 0 spiro atoms. The van der Waals surface area contributed by atoms with Crippen molar-refractivity contribution in [2.45, 2.75) is 82.6 Å². The number of carbonyl (C=O) groups is 1. The summed E-state index contributed by atoms with van der Waals surface area (Å²) in [4.78, 5) is 36.7. The van der Waals surface area contributed by atoms with E-state index in [4.69, 9.17) is 16.6 Å². The predicted octanol–water partition coefficient (Wildman–Crippen LogP) is 5.73. The molecule has 1 amide bonds. The van der Waals surface area contributed by atoms with Crippen molar-refractivity contribution in [1.82, 2.24) is 29.9 Å². The second-order valence-electron chi connectivity index (χ2n) is 12.7. The molecule has 0 radical (unpaired) electrons. The summed E-state index contributed by atoms with van der Waals surface area (Å²) >= 11 is 6.14. The lowest BCUT2D eigenvalue weighted by Gasteiger charge is -2.38. The SMILES string of the molecule is CC(C)(C)c1ccc(Cn2nnc3c(=O)[nH]c(C4CCN(C(=O)C5(c6ccc(Cl)cc6)CCCC5)CC4)nc32)cc1. The molecule has 4 aromatic rings. The summed E-state index contributed by atoms with van der Waals surface area (Å²) in [6.07, 6.45) is 5.33. The molecule has 2 aromatic carbocycles. The zero-order valence-electron chi connectivity index (χ0n) is 24.0. The van der Waals surface area contributed by atoms with Gasteiger partial charge in [-0.05, 0) is 59.9 Å². The highest BCUT2D eigenvalue weighted by atomic mass is 35.5. The van der Waals surface area contributed by atoms with Gasteiger partial charge in [-0.1, -0.05) is 86.8 Å². The summed E-state index contributed by atoms with van der Waals surface area (Å²) in [6.45, 7) is 8.33. The van der Waals surface area contributed by atoms with Gasteiger partial charge in [0.2, 0.25) is 5.91 Å². The van der Waals surface area contributed by atoms with Crippen LogP contribution >= 0.6 is 11.6 Å². The number of H-pyrrole nitrogens is 1. The molecule has 8 nitrogen and oxygen atoms in total. The fraction of sp³-hybridized carbons (Fsp3) is 0.469. The standard InChI is InChI=1S/C32H37ClN6O2/c1-31(2,3)23-8-6-21(7-9-23)20-39-28-26(36-37-39)29(40)35-27(34-28)22-14-18-38(19-15-22)30(41)32(16-4-5-17-32)24-10-12-25(33)13-11-24/h6-13,22H,4-5,14-20H2,1-3H3,(H,34,35,40). The Morgan fingerprint density at radius 1 is 1.02 bits per heavy atom. The molecule has 41 heavy (non-hydrogen) atoms. The van der Waals surface area contributed by atoms with Gasteiger partial charge in [-0.3, -0.25) is 9.59 Å². The third kappa shape index (κ3) is 5.30. The highest BCUT2D eigenvalue weighted by Crippen LogP contribution is 2.44. The van der Waals surface area contributed by atoms with E-state index in [9.17, 15) is 9.59 Å². The average molecular weight is 573 g/mol. The molecule has 2 fully saturated rings. The second kappa shape index (κ2) is 10.7. The molecule has 1 saturated heterocycles. The van der Waals surface area contributed by atoms with Crippen molar-refractivity contribution < 1.29 is 4.79 Å². The first-order valence-corrected chi connectivity index (χ1v) is 15.0. The lowest BCUT2D eigenvalue weighted by Crippen LogP contribution is -2.48. The maximum atomic E-state index is 13.9. The molecule has 9 heteroatoms. The lowest BCUT2D eigenvalue weighted by atomic mass is 9.77. The fourth-order valence-electron chi connectivity index (χ4n) is 6.50. The lowest BCUT2D eigenvalue weighted by molar-refractivity contribution is -0.138. The number of piperidine rings is 1. The largest absolute Gasteiger partial charge is 0.342 e. The molecule has 3 heterocycles. The Hall–Kier alpha value is -3.52. The quantitative estimate of drug-likeness (QED) is 0.329. The molecule has 214 valence electrons. The summed E-state index contributed by atoms with van der Waals surface area (Å²) < 4.78 is 1.70. The van der Waals surface area contributed by atoms with Crippen molar-refractivity contribution in [2.75, 3.05) is 13.1 Å². The van der Waals surface area contributed by atoms with Crippen LogP contribution in [0.25, 0.3) is 11.2 Å². The van der Waals surface area contributed by atoms with E-state index in [-0.39, 0.29) is 28.3 Å². The second-order valence-corrected chi connectivity index (χ2v) is 13.1. The fourth-order valence-corrected chi connectivity index (χ4v) is 6.62. The first-order chi connectivity index (χ1) is 19.6. The number of likely N-dealkylation sites (tertiary alicyclic amines) is 1. The zero-order valence-corrected chi connectivity index (χ0v) is 24.7.